The summed E-state index contributed by atoms with van der Waals surface area (Å²) < 4.78 is 10.2. The van der Waals surface area contributed by atoms with Crippen molar-refractivity contribution < 1.29 is 14.6 Å². The van der Waals surface area contributed by atoms with Crippen molar-refractivity contribution in [2.45, 2.75) is 19.3 Å². The standard InChI is InChI=1S/C9H16O3/c1-4-6-11-9(8(3)10)12-7-5-2/h4-5,8-10H,1-2,6-7H2,3H3. The highest BCUT2D eigenvalue weighted by atomic mass is 16.7. The van der Waals surface area contributed by atoms with Crippen molar-refractivity contribution in [1.82, 2.24) is 0 Å². The third-order valence-corrected chi connectivity index (χ3v) is 1.15. The second-order valence-electron chi connectivity index (χ2n) is 2.35. The van der Waals surface area contributed by atoms with E-state index in [1.54, 1.807) is 19.1 Å². The summed E-state index contributed by atoms with van der Waals surface area (Å²) in [6.07, 6.45) is 1.96. The number of rotatable bonds is 7. The zero-order valence-electron chi connectivity index (χ0n) is 7.40. The number of ether oxygens (including phenoxy) is 2. The third-order valence-electron chi connectivity index (χ3n) is 1.15. The van der Waals surface area contributed by atoms with Gasteiger partial charge in [0.25, 0.3) is 0 Å². The molecule has 0 saturated heterocycles. The SMILES string of the molecule is C=CCOC(OCC=C)C(C)O. The van der Waals surface area contributed by atoms with Gasteiger partial charge in [-0.25, -0.2) is 0 Å². The Morgan fingerprint density at radius 3 is 1.92 bits per heavy atom. The molecule has 0 fully saturated rings. The molecular weight excluding hydrogens is 156 g/mol. The fourth-order valence-electron chi connectivity index (χ4n) is 0.652. The van der Waals surface area contributed by atoms with Gasteiger partial charge in [-0.15, -0.1) is 13.2 Å². The highest BCUT2D eigenvalue weighted by molar-refractivity contribution is 4.68. The van der Waals surface area contributed by atoms with Gasteiger partial charge in [0, 0.05) is 0 Å². The van der Waals surface area contributed by atoms with Gasteiger partial charge in [-0.05, 0) is 6.92 Å². The van der Waals surface area contributed by atoms with E-state index in [2.05, 4.69) is 13.2 Å². The Morgan fingerprint density at radius 2 is 1.67 bits per heavy atom. The monoisotopic (exact) mass is 172 g/mol. The number of aliphatic hydroxyl groups is 1. The van der Waals surface area contributed by atoms with Gasteiger partial charge in [0.15, 0.2) is 6.29 Å². The molecule has 0 radical (unpaired) electrons. The van der Waals surface area contributed by atoms with Crippen molar-refractivity contribution in [2.75, 3.05) is 13.2 Å². The number of aliphatic hydroxyl groups excluding tert-OH is 1. The average Bonchev–Trinajstić information content (AvgIpc) is 2.04. The summed E-state index contributed by atoms with van der Waals surface area (Å²) in [6.45, 7) is 9.32. The smallest absolute Gasteiger partial charge is 0.183 e. The van der Waals surface area contributed by atoms with Crippen LogP contribution in [-0.4, -0.2) is 30.7 Å². The first-order chi connectivity index (χ1) is 5.72. The predicted octanol–water partition coefficient (Wildman–Crippen LogP) is 1.10. The minimum absolute atomic E-state index is 0.368. The van der Waals surface area contributed by atoms with Gasteiger partial charge in [-0.2, -0.15) is 0 Å². The van der Waals surface area contributed by atoms with Crippen molar-refractivity contribution in [1.29, 1.82) is 0 Å². The maximum Gasteiger partial charge on any atom is 0.183 e. The summed E-state index contributed by atoms with van der Waals surface area (Å²) in [5, 5.41) is 9.15. The molecule has 1 unspecified atom stereocenters. The molecule has 0 bridgehead atoms. The second-order valence-corrected chi connectivity index (χ2v) is 2.35. The summed E-state index contributed by atoms with van der Waals surface area (Å²) >= 11 is 0. The molecule has 0 aliphatic rings. The van der Waals surface area contributed by atoms with E-state index in [9.17, 15) is 0 Å². The van der Waals surface area contributed by atoms with Crippen molar-refractivity contribution in [3.8, 4) is 0 Å². The van der Waals surface area contributed by atoms with Crippen LogP contribution in [0, 0.1) is 0 Å². The fourth-order valence-corrected chi connectivity index (χ4v) is 0.652. The van der Waals surface area contributed by atoms with Crippen molar-refractivity contribution in [3.63, 3.8) is 0 Å². The van der Waals surface area contributed by atoms with Crippen LogP contribution in [0.1, 0.15) is 6.92 Å². The topological polar surface area (TPSA) is 38.7 Å². The molecule has 0 aromatic carbocycles. The van der Waals surface area contributed by atoms with E-state index in [-0.39, 0.29) is 0 Å². The van der Waals surface area contributed by atoms with E-state index in [0.29, 0.717) is 13.2 Å². The van der Waals surface area contributed by atoms with Crippen LogP contribution in [0.5, 0.6) is 0 Å². The molecule has 3 nitrogen and oxygen atoms in total. The van der Waals surface area contributed by atoms with Crippen LogP contribution in [0.4, 0.5) is 0 Å². The number of hydrogen-bond donors (Lipinski definition) is 1. The Bertz CT molecular complexity index is 120. The lowest BCUT2D eigenvalue weighted by molar-refractivity contribution is -0.177. The number of hydrogen-bond acceptors (Lipinski definition) is 3. The summed E-state index contributed by atoms with van der Waals surface area (Å²) in [6, 6.07) is 0. The molecule has 0 aliphatic heterocycles. The summed E-state index contributed by atoms with van der Waals surface area (Å²) in [7, 11) is 0. The lowest BCUT2D eigenvalue weighted by Gasteiger charge is -2.19. The highest BCUT2D eigenvalue weighted by Gasteiger charge is 2.14. The van der Waals surface area contributed by atoms with Crippen LogP contribution < -0.4 is 0 Å². The van der Waals surface area contributed by atoms with Gasteiger partial charge in [0.1, 0.15) is 6.10 Å². The molecule has 70 valence electrons. The molecule has 0 rings (SSSR count). The van der Waals surface area contributed by atoms with Crippen LogP contribution in [-0.2, 0) is 9.47 Å². The molecule has 0 spiro atoms. The Labute approximate surface area is 73.3 Å². The highest BCUT2D eigenvalue weighted by Crippen LogP contribution is 2.01. The van der Waals surface area contributed by atoms with Crippen LogP contribution in [0.2, 0.25) is 0 Å². The third kappa shape index (κ3) is 5.07. The Morgan fingerprint density at radius 1 is 1.25 bits per heavy atom. The molecule has 0 aromatic heterocycles. The summed E-state index contributed by atoms with van der Waals surface area (Å²) in [4.78, 5) is 0. The molecule has 1 atom stereocenters. The molecular formula is C9H16O3. The van der Waals surface area contributed by atoms with E-state index in [4.69, 9.17) is 14.6 Å². The summed E-state index contributed by atoms with van der Waals surface area (Å²) in [5.41, 5.74) is 0. The first kappa shape index (κ1) is 11.4. The van der Waals surface area contributed by atoms with Gasteiger partial charge < -0.3 is 14.6 Å². The molecule has 1 N–H and O–H groups in total. The minimum Gasteiger partial charge on any atom is -0.388 e. The average molecular weight is 172 g/mol. The van der Waals surface area contributed by atoms with Crippen molar-refractivity contribution in [3.05, 3.63) is 25.3 Å². The molecule has 0 saturated carbocycles. The molecule has 0 heterocycles. The maximum atomic E-state index is 9.15. The van der Waals surface area contributed by atoms with E-state index >= 15 is 0 Å². The normalized spacial score (nSPS) is 12.9. The molecule has 3 heteroatoms. The van der Waals surface area contributed by atoms with E-state index in [1.165, 1.54) is 0 Å². The van der Waals surface area contributed by atoms with Gasteiger partial charge in [0.2, 0.25) is 0 Å². The molecule has 12 heavy (non-hydrogen) atoms. The van der Waals surface area contributed by atoms with Crippen molar-refractivity contribution >= 4 is 0 Å². The van der Waals surface area contributed by atoms with Gasteiger partial charge >= 0.3 is 0 Å². The van der Waals surface area contributed by atoms with E-state index < -0.39 is 12.4 Å². The Kier molecular flexibility index (Phi) is 6.66. The zero-order chi connectivity index (χ0) is 9.40. The lowest BCUT2D eigenvalue weighted by atomic mass is 10.4. The van der Waals surface area contributed by atoms with Crippen LogP contribution in [0.3, 0.4) is 0 Å². The van der Waals surface area contributed by atoms with Crippen molar-refractivity contribution in [2.24, 2.45) is 0 Å². The molecule has 0 aromatic rings. The van der Waals surface area contributed by atoms with Crippen LogP contribution >= 0.6 is 0 Å². The Hall–Kier alpha value is -0.640. The van der Waals surface area contributed by atoms with Gasteiger partial charge in [0.05, 0.1) is 13.2 Å². The minimum atomic E-state index is -0.648. The lowest BCUT2D eigenvalue weighted by Crippen LogP contribution is -2.29. The maximum absolute atomic E-state index is 9.15. The van der Waals surface area contributed by atoms with Crippen LogP contribution in [0.25, 0.3) is 0 Å². The first-order valence-corrected chi connectivity index (χ1v) is 3.85. The zero-order valence-corrected chi connectivity index (χ0v) is 7.40. The summed E-state index contributed by atoms with van der Waals surface area (Å²) in [5.74, 6) is 0. The second kappa shape index (κ2) is 7.03. The molecule has 0 amide bonds. The van der Waals surface area contributed by atoms with Gasteiger partial charge in [-0.3, -0.25) is 0 Å². The molecule has 0 aliphatic carbocycles. The van der Waals surface area contributed by atoms with E-state index in [1.807, 2.05) is 0 Å². The van der Waals surface area contributed by atoms with E-state index in [0.717, 1.165) is 0 Å². The predicted molar refractivity (Wildman–Crippen MR) is 47.8 cm³/mol. The fraction of sp³-hybridized carbons (Fsp3) is 0.556. The Balaban J connectivity index is 3.68. The quantitative estimate of drug-likeness (QED) is 0.461. The van der Waals surface area contributed by atoms with Gasteiger partial charge in [-0.1, -0.05) is 12.2 Å². The van der Waals surface area contributed by atoms with Crippen LogP contribution in [0.15, 0.2) is 25.3 Å². The first-order valence-electron chi connectivity index (χ1n) is 3.85. The largest absolute Gasteiger partial charge is 0.388 e.